The number of ketones is 1. The highest BCUT2D eigenvalue weighted by Crippen LogP contribution is 2.37. The van der Waals surface area contributed by atoms with Gasteiger partial charge in [0.15, 0.2) is 5.78 Å². The first-order chi connectivity index (χ1) is 7.29. The highest BCUT2D eigenvalue weighted by molar-refractivity contribution is 6.03. The number of rotatable bonds is 2. The molecule has 0 aliphatic carbocycles. The summed E-state index contributed by atoms with van der Waals surface area (Å²) in [7, 11) is 0. The summed E-state index contributed by atoms with van der Waals surface area (Å²) < 4.78 is 37.7. The summed E-state index contributed by atoms with van der Waals surface area (Å²) in [6, 6.07) is 1.84. The Morgan fingerprint density at radius 2 is 1.94 bits per heavy atom. The minimum absolute atomic E-state index is 0.0817. The van der Waals surface area contributed by atoms with Gasteiger partial charge in [-0.15, -0.1) is 0 Å². The van der Waals surface area contributed by atoms with Crippen molar-refractivity contribution in [3.05, 3.63) is 23.3 Å². The zero-order chi connectivity index (χ0) is 12.5. The molecule has 0 fully saturated rings. The lowest BCUT2D eigenvalue weighted by Gasteiger charge is -2.15. The maximum Gasteiger partial charge on any atom is 0.417 e. The summed E-state index contributed by atoms with van der Waals surface area (Å²) in [5.41, 5.74) is 5.71. The Hall–Kier alpha value is -1.76. The van der Waals surface area contributed by atoms with Gasteiger partial charge in [-0.3, -0.25) is 10.6 Å². The number of anilines is 2. The van der Waals surface area contributed by atoms with Crippen LogP contribution in [0.3, 0.4) is 0 Å². The van der Waals surface area contributed by atoms with Gasteiger partial charge in [-0.2, -0.15) is 13.2 Å². The van der Waals surface area contributed by atoms with Crippen LogP contribution in [0, 0.1) is 0 Å². The predicted octanol–water partition coefficient (Wildman–Crippen LogP) is 1.78. The molecule has 0 aromatic heterocycles. The van der Waals surface area contributed by atoms with E-state index < -0.39 is 23.1 Å². The van der Waals surface area contributed by atoms with Crippen LogP contribution in [-0.2, 0) is 6.18 Å². The number of nitrogen functional groups attached to an aromatic ring is 2. The molecule has 1 rings (SSSR count). The molecule has 16 heavy (non-hydrogen) atoms. The van der Waals surface area contributed by atoms with Crippen molar-refractivity contribution in [2.24, 2.45) is 5.84 Å². The molecule has 0 radical (unpaired) electrons. The first kappa shape index (κ1) is 12.3. The SMILES string of the molecule is CC(=O)c1c(C(F)(F)F)ccc(NN)c1N. The van der Waals surface area contributed by atoms with E-state index >= 15 is 0 Å². The number of carbonyl (C=O) groups is 1. The lowest BCUT2D eigenvalue weighted by Crippen LogP contribution is -2.17. The lowest BCUT2D eigenvalue weighted by atomic mass is 10.0. The van der Waals surface area contributed by atoms with E-state index in [1.54, 1.807) is 0 Å². The van der Waals surface area contributed by atoms with Crippen molar-refractivity contribution >= 4 is 17.2 Å². The molecule has 0 saturated heterocycles. The Labute approximate surface area is 89.4 Å². The summed E-state index contributed by atoms with van der Waals surface area (Å²) in [6.45, 7) is 1.02. The largest absolute Gasteiger partial charge is 0.417 e. The second kappa shape index (κ2) is 4.01. The molecule has 0 spiro atoms. The van der Waals surface area contributed by atoms with E-state index in [1.165, 1.54) is 0 Å². The van der Waals surface area contributed by atoms with E-state index in [4.69, 9.17) is 11.6 Å². The van der Waals surface area contributed by atoms with Crippen molar-refractivity contribution in [1.29, 1.82) is 0 Å². The second-order valence-corrected chi connectivity index (χ2v) is 3.15. The molecule has 0 bridgehead atoms. The first-order valence-electron chi connectivity index (χ1n) is 4.26. The number of hydrogen-bond acceptors (Lipinski definition) is 4. The van der Waals surface area contributed by atoms with Gasteiger partial charge in [0, 0.05) is 0 Å². The van der Waals surface area contributed by atoms with Crippen LogP contribution in [0.15, 0.2) is 12.1 Å². The highest BCUT2D eigenvalue weighted by Gasteiger charge is 2.35. The minimum atomic E-state index is -4.62. The van der Waals surface area contributed by atoms with Crippen LogP contribution in [0.2, 0.25) is 0 Å². The molecule has 0 heterocycles. The fraction of sp³-hybridized carbons (Fsp3) is 0.222. The number of hydrazine groups is 1. The maximum absolute atomic E-state index is 12.6. The number of carbonyl (C=O) groups excluding carboxylic acids is 1. The third-order valence-electron chi connectivity index (χ3n) is 2.06. The topological polar surface area (TPSA) is 81.1 Å². The van der Waals surface area contributed by atoms with Gasteiger partial charge in [0.1, 0.15) is 0 Å². The Morgan fingerprint density at radius 3 is 2.31 bits per heavy atom. The fourth-order valence-electron chi connectivity index (χ4n) is 1.36. The predicted molar refractivity (Wildman–Crippen MR) is 53.7 cm³/mol. The molecular weight excluding hydrogens is 223 g/mol. The van der Waals surface area contributed by atoms with Crippen LogP contribution < -0.4 is 17.0 Å². The van der Waals surface area contributed by atoms with Crippen molar-refractivity contribution < 1.29 is 18.0 Å². The molecule has 0 atom stereocenters. The quantitative estimate of drug-likeness (QED) is 0.315. The van der Waals surface area contributed by atoms with Crippen LogP contribution in [0.4, 0.5) is 24.5 Å². The smallest absolute Gasteiger partial charge is 0.396 e. The fourth-order valence-corrected chi connectivity index (χ4v) is 1.36. The van der Waals surface area contributed by atoms with Crippen LogP contribution in [0.25, 0.3) is 0 Å². The van der Waals surface area contributed by atoms with Gasteiger partial charge in [-0.25, -0.2) is 0 Å². The number of hydrogen-bond donors (Lipinski definition) is 3. The third-order valence-corrected chi connectivity index (χ3v) is 2.06. The van der Waals surface area contributed by atoms with Gasteiger partial charge in [-0.05, 0) is 19.1 Å². The molecule has 0 aliphatic rings. The molecule has 7 heteroatoms. The Bertz CT molecular complexity index is 429. The van der Waals surface area contributed by atoms with Crippen molar-refractivity contribution in [3.63, 3.8) is 0 Å². The highest BCUT2D eigenvalue weighted by atomic mass is 19.4. The van der Waals surface area contributed by atoms with Gasteiger partial charge in [0.2, 0.25) is 0 Å². The number of alkyl halides is 3. The zero-order valence-corrected chi connectivity index (χ0v) is 8.35. The van der Waals surface area contributed by atoms with Crippen molar-refractivity contribution in [2.45, 2.75) is 13.1 Å². The summed E-state index contributed by atoms with van der Waals surface area (Å²) >= 11 is 0. The van der Waals surface area contributed by atoms with Crippen molar-refractivity contribution in [2.75, 3.05) is 11.2 Å². The van der Waals surface area contributed by atoms with Gasteiger partial charge in [0.25, 0.3) is 0 Å². The first-order valence-corrected chi connectivity index (χ1v) is 4.26. The Kier molecular flexibility index (Phi) is 3.09. The normalized spacial score (nSPS) is 11.3. The lowest BCUT2D eigenvalue weighted by molar-refractivity contribution is -0.137. The Morgan fingerprint density at radius 1 is 1.38 bits per heavy atom. The van der Waals surface area contributed by atoms with E-state index in [1.807, 2.05) is 0 Å². The molecule has 5 N–H and O–H groups in total. The van der Waals surface area contributed by atoms with E-state index in [2.05, 4.69) is 5.43 Å². The molecule has 88 valence electrons. The van der Waals surface area contributed by atoms with Gasteiger partial charge < -0.3 is 11.2 Å². The second-order valence-electron chi connectivity index (χ2n) is 3.15. The molecule has 1 aromatic carbocycles. The molecular formula is C9H10F3N3O. The average Bonchev–Trinajstić information content (AvgIpc) is 2.15. The molecule has 0 saturated carbocycles. The standard InChI is InChI=1S/C9H10F3N3O/c1-4(16)7-5(9(10,11)12)2-3-6(15-14)8(7)13/h2-3,15H,13-14H2,1H3. The molecule has 0 aliphatic heterocycles. The monoisotopic (exact) mass is 233 g/mol. The third kappa shape index (κ3) is 2.08. The molecule has 1 aromatic rings. The maximum atomic E-state index is 12.6. The average molecular weight is 233 g/mol. The van der Waals surface area contributed by atoms with Crippen LogP contribution >= 0.6 is 0 Å². The van der Waals surface area contributed by atoms with Gasteiger partial charge in [0.05, 0.1) is 22.5 Å². The van der Waals surface area contributed by atoms with Gasteiger partial charge in [-0.1, -0.05) is 0 Å². The molecule has 0 unspecified atom stereocenters. The summed E-state index contributed by atoms with van der Waals surface area (Å²) in [5.74, 6) is 4.29. The molecule has 4 nitrogen and oxygen atoms in total. The number of halogens is 3. The van der Waals surface area contributed by atoms with Crippen LogP contribution in [0.5, 0.6) is 0 Å². The molecule has 0 amide bonds. The minimum Gasteiger partial charge on any atom is -0.396 e. The van der Waals surface area contributed by atoms with E-state index in [-0.39, 0.29) is 11.4 Å². The summed E-state index contributed by atoms with van der Waals surface area (Å²) in [6.07, 6.45) is -4.62. The zero-order valence-electron chi connectivity index (χ0n) is 8.35. The Balaban J connectivity index is 3.53. The summed E-state index contributed by atoms with van der Waals surface area (Å²) in [5, 5.41) is 0. The van der Waals surface area contributed by atoms with Crippen LogP contribution in [0.1, 0.15) is 22.8 Å². The van der Waals surface area contributed by atoms with E-state index in [0.717, 1.165) is 19.1 Å². The number of nitrogens with one attached hydrogen (secondary N) is 1. The van der Waals surface area contributed by atoms with E-state index in [9.17, 15) is 18.0 Å². The van der Waals surface area contributed by atoms with Crippen molar-refractivity contribution in [1.82, 2.24) is 0 Å². The number of benzene rings is 1. The number of nitrogens with two attached hydrogens (primary N) is 2. The van der Waals surface area contributed by atoms with Gasteiger partial charge >= 0.3 is 6.18 Å². The van der Waals surface area contributed by atoms with E-state index in [0.29, 0.717) is 0 Å². The van der Waals surface area contributed by atoms with Crippen molar-refractivity contribution in [3.8, 4) is 0 Å². The summed E-state index contributed by atoms with van der Waals surface area (Å²) in [4.78, 5) is 11.2. The number of Topliss-reactive ketones (excluding diaryl/α,β-unsaturated/α-hetero) is 1. The van der Waals surface area contributed by atoms with Crippen LogP contribution in [-0.4, -0.2) is 5.78 Å².